The molecule has 1 nitrogen and oxygen atoms in total. The van der Waals surface area contributed by atoms with Crippen molar-refractivity contribution in [3.05, 3.63) is 112 Å². The highest BCUT2D eigenvalue weighted by molar-refractivity contribution is 6.17. The third kappa shape index (κ3) is 2.70. The van der Waals surface area contributed by atoms with E-state index in [-0.39, 0.29) is 17.3 Å². The Balaban J connectivity index is 1.92. The Labute approximate surface area is 146 Å². The van der Waals surface area contributed by atoms with Gasteiger partial charge in [-0.1, -0.05) is 72.3 Å². The van der Waals surface area contributed by atoms with Crippen LogP contribution in [0.2, 0.25) is 0 Å². The molecule has 0 heterocycles. The maximum atomic E-state index is 14.3. The molecular weight excluding hydrogens is 311 g/mol. The van der Waals surface area contributed by atoms with Crippen LogP contribution in [0.25, 0.3) is 6.08 Å². The van der Waals surface area contributed by atoms with Crippen LogP contribution in [0.4, 0.5) is 4.39 Å². The Morgan fingerprint density at radius 2 is 1.60 bits per heavy atom. The van der Waals surface area contributed by atoms with Crippen molar-refractivity contribution in [3.8, 4) is 0 Å². The van der Waals surface area contributed by atoms with E-state index < -0.39 is 5.82 Å². The zero-order valence-electron chi connectivity index (χ0n) is 13.9. The molecule has 0 aliphatic heterocycles. The normalized spacial score (nSPS) is 17.8. The minimum atomic E-state index is -0.448. The van der Waals surface area contributed by atoms with Gasteiger partial charge in [0.25, 0.3) is 0 Å². The van der Waals surface area contributed by atoms with Crippen molar-refractivity contribution >= 4 is 11.9 Å². The smallest absolute Gasteiger partial charge is 0.193 e. The number of benzene rings is 3. The molecule has 2 heteroatoms. The number of Topliss-reactive ketones (excluding diaryl/α,β-unsaturated/α-hetero) is 1. The molecule has 0 fully saturated rings. The van der Waals surface area contributed by atoms with Crippen LogP contribution in [0.5, 0.6) is 0 Å². The molecule has 0 bridgehead atoms. The average molecular weight is 328 g/mol. The molecule has 0 saturated heterocycles. The average Bonchev–Trinajstić information content (AvgIpc) is 2.91. The Hall–Kier alpha value is -3.00. The van der Waals surface area contributed by atoms with Crippen LogP contribution in [-0.2, 0) is 0 Å². The highest BCUT2D eigenvalue weighted by Crippen LogP contribution is 2.43. The van der Waals surface area contributed by atoms with Crippen molar-refractivity contribution in [3.63, 3.8) is 0 Å². The van der Waals surface area contributed by atoms with Crippen molar-refractivity contribution in [2.45, 2.75) is 12.8 Å². The van der Waals surface area contributed by atoms with E-state index in [4.69, 9.17) is 0 Å². The quantitative estimate of drug-likeness (QED) is 0.564. The molecule has 1 aliphatic rings. The predicted octanol–water partition coefficient (Wildman–Crippen LogP) is 5.55. The number of allylic oxidation sites excluding steroid dienone is 1. The summed E-state index contributed by atoms with van der Waals surface area (Å²) in [4.78, 5) is 13.0. The topological polar surface area (TPSA) is 17.1 Å². The second kappa shape index (κ2) is 6.14. The maximum absolute atomic E-state index is 14.3. The first-order valence-electron chi connectivity index (χ1n) is 8.31. The molecule has 0 saturated carbocycles. The number of rotatable bonds is 2. The first-order valence-corrected chi connectivity index (χ1v) is 8.31. The van der Waals surface area contributed by atoms with Gasteiger partial charge >= 0.3 is 0 Å². The van der Waals surface area contributed by atoms with Crippen LogP contribution in [0, 0.1) is 12.7 Å². The first-order chi connectivity index (χ1) is 12.1. The van der Waals surface area contributed by atoms with Crippen molar-refractivity contribution in [2.24, 2.45) is 0 Å². The largest absolute Gasteiger partial charge is 0.289 e. The number of carbonyl (C=O) groups excluding carboxylic acids is 1. The van der Waals surface area contributed by atoms with Crippen molar-refractivity contribution in [2.75, 3.05) is 0 Å². The molecule has 1 unspecified atom stereocenters. The third-order valence-corrected chi connectivity index (χ3v) is 4.69. The van der Waals surface area contributed by atoms with E-state index in [2.05, 4.69) is 0 Å². The number of hydrogen-bond donors (Lipinski definition) is 0. The summed E-state index contributed by atoms with van der Waals surface area (Å²) in [5.41, 5.74) is 4.68. The number of ketones is 1. The summed E-state index contributed by atoms with van der Waals surface area (Å²) in [6.07, 6.45) is 1.89. The second-order valence-corrected chi connectivity index (χ2v) is 6.39. The molecule has 0 aromatic heterocycles. The van der Waals surface area contributed by atoms with E-state index in [9.17, 15) is 9.18 Å². The fraction of sp³-hybridized carbons (Fsp3) is 0.0870. The van der Waals surface area contributed by atoms with Gasteiger partial charge in [-0.15, -0.1) is 0 Å². The summed E-state index contributed by atoms with van der Waals surface area (Å²) in [5.74, 6) is -0.904. The van der Waals surface area contributed by atoms with Gasteiger partial charge in [-0.2, -0.15) is 0 Å². The number of aryl methyl sites for hydroxylation is 1. The molecular formula is C23H17FO. The second-order valence-electron chi connectivity index (χ2n) is 6.39. The SMILES string of the molecule is Cc1ccc(C=C2C(=O)c3c(F)cccc3C2c2ccccc2)cc1. The highest BCUT2D eigenvalue weighted by Gasteiger charge is 2.37. The number of hydrogen-bond acceptors (Lipinski definition) is 1. The van der Waals surface area contributed by atoms with E-state index >= 15 is 0 Å². The summed E-state index contributed by atoms with van der Waals surface area (Å²) in [5, 5.41) is 0. The van der Waals surface area contributed by atoms with Gasteiger partial charge in [0.15, 0.2) is 5.78 Å². The molecule has 0 spiro atoms. The molecule has 4 rings (SSSR count). The minimum Gasteiger partial charge on any atom is -0.289 e. The molecule has 0 radical (unpaired) electrons. The van der Waals surface area contributed by atoms with Crippen molar-refractivity contribution in [1.82, 2.24) is 0 Å². The summed E-state index contributed by atoms with van der Waals surface area (Å²) >= 11 is 0. The van der Waals surface area contributed by atoms with Gasteiger partial charge in [0.05, 0.1) is 5.56 Å². The first kappa shape index (κ1) is 15.5. The van der Waals surface area contributed by atoms with Gasteiger partial charge in [-0.25, -0.2) is 4.39 Å². The molecule has 0 amide bonds. The fourth-order valence-electron chi connectivity index (χ4n) is 3.46. The van der Waals surface area contributed by atoms with Crippen LogP contribution in [-0.4, -0.2) is 5.78 Å². The lowest BCUT2D eigenvalue weighted by atomic mass is 9.89. The number of carbonyl (C=O) groups is 1. The standard InChI is InChI=1S/C23H17FO/c1-15-10-12-16(13-11-15)14-19-21(17-6-3-2-4-7-17)18-8-5-9-20(24)22(18)23(19)25/h2-14,21H,1H3. The zero-order valence-corrected chi connectivity index (χ0v) is 13.9. The Morgan fingerprint density at radius 3 is 2.32 bits per heavy atom. The lowest BCUT2D eigenvalue weighted by Gasteiger charge is -2.13. The zero-order chi connectivity index (χ0) is 17.4. The molecule has 1 atom stereocenters. The summed E-state index contributed by atoms with van der Waals surface area (Å²) in [6.45, 7) is 2.02. The summed E-state index contributed by atoms with van der Waals surface area (Å²) < 4.78 is 14.3. The summed E-state index contributed by atoms with van der Waals surface area (Å²) in [6, 6.07) is 22.7. The predicted molar refractivity (Wildman–Crippen MR) is 98.2 cm³/mol. The van der Waals surface area contributed by atoms with E-state index in [0.29, 0.717) is 5.57 Å². The van der Waals surface area contributed by atoms with Gasteiger partial charge in [-0.3, -0.25) is 4.79 Å². The summed E-state index contributed by atoms with van der Waals surface area (Å²) in [7, 11) is 0. The molecule has 3 aromatic rings. The van der Waals surface area contributed by atoms with Crippen molar-refractivity contribution in [1.29, 1.82) is 0 Å². The molecule has 0 N–H and O–H groups in total. The Bertz CT molecular complexity index is 969. The lowest BCUT2D eigenvalue weighted by Crippen LogP contribution is -2.02. The van der Waals surface area contributed by atoms with E-state index in [1.165, 1.54) is 6.07 Å². The van der Waals surface area contributed by atoms with Gasteiger partial charge < -0.3 is 0 Å². The fourth-order valence-corrected chi connectivity index (χ4v) is 3.46. The van der Waals surface area contributed by atoms with E-state index in [0.717, 1.165) is 22.3 Å². The molecule has 122 valence electrons. The maximum Gasteiger partial charge on any atom is 0.193 e. The number of halogens is 1. The van der Waals surface area contributed by atoms with Crippen LogP contribution >= 0.6 is 0 Å². The van der Waals surface area contributed by atoms with Gasteiger partial charge in [-0.05, 0) is 35.8 Å². The molecule has 3 aromatic carbocycles. The minimum absolute atomic E-state index is 0.203. The molecule has 1 aliphatic carbocycles. The van der Waals surface area contributed by atoms with Gasteiger partial charge in [0.2, 0.25) is 0 Å². The Morgan fingerprint density at radius 1 is 0.880 bits per heavy atom. The third-order valence-electron chi connectivity index (χ3n) is 4.69. The monoisotopic (exact) mass is 328 g/mol. The van der Waals surface area contributed by atoms with E-state index in [1.54, 1.807) is 6.07 Å². The Kier molecular flexibility index (Phi) is 3.81. The van der Waals surface area contributed by atoms with Crippen LogP contribution in [0.1, 0.15) is 38.5 Å². The van der Waals surface area contributed by atoms with Crippen LogP contribution in [0.15, 0.2) is 78.4 Å². The van der Waals surface area contributed by atoms with Crippen LogP contribution in [0.3, 0.4) is 0 Å². The van der Waals surface area contributed by atoms with Crippen LogP contribution < -0.4 is 0 Å². The highest BCUT2D eigenvalue weighted by atomic mass is 19.1. The van der Waals surface area contributed by atoms with Crippen molar-refractivity contribution < 1.29 is 9.18 Å². The molecule has 25 heavy (non-hydrogen) atoms. The van der Waals surface area contributed by atoms with Gasteiger partial charge in [0.1, 0.15) is 5.82 Å². The van der Waals surface area contributed by atoms with E-state index in [1.807, 2.05) is 73.7 Å². The lowest BCUT2D eigenvalue weighted by molar-refractivity contribution is 0.103. The van der Waals surface area contributed by atoms with Gasteiger partial charge in [0, 0.05) is 11.5 Å². The number of fused-ring (bicyclic) bond motifs is 1.